The Morgan fingerprint density at radius 3 is 2.66 bits per heavy atom. The Morgan fingerprint density at radius 2 is 1.87 bits per heavy atom. The van der Waals surface area contributed by atoms with Gasteiger partial charge in [0.15, 0.2) is 11.5 Å². The molecule has 0 aliphatic carbocycles. The van der Waals surface area contributed by atoms with Crippen LogP contribution in [0.2, 0.25) is 0 Å². The van der Waals surface area contributed by atoms with E-state index in [4.69, 9.17) is 26.7 Å². The van der Waals surface area contributed by atoms with Gasteiger partial charge in [0.25, 0.3) is 11.5 Å². The predicted molar refractivity (Wildman–Crippen MR) is 152 cm³/mol. The molecule has 5 heterocycles. The molecule has 0 N–H and O–H groups in total. The molecule has 0 spiro atoms. The third kappa shape index (κ3) is 4.55. The third-order valence-corrected chi connectivity index (χ3v) is 8.41. The normalized spacial score (nSPS) is 18.8. The molecule has 38 heavy (non-hydrogen) atoms. The number of ether oxygens (including phenoxy) is 2. The summed E-state index contributed by atoms with van der Waals surface area (Å²) in [7, 11) is 0. The Bertz CT molecular complexity index is 1540. The second-order valence-electron chi connectivity index (χ2n) is 9.47. The first kappa shape index (κ1) is 24.9. The van der Waals surface area contributed by atoms with Gasteiger partial charge in [-0.2, -0.15) is 0 Å². The van der Waals surface area contributed by atoms with Crippen LogP contribution in [0, 0.1) is 6.92 Å². The molecule has 2 saturated heterocycles. The summed E-state index contributed by atoms with van der Waals surface area (Å²) in [5.74, 6) is 1.72. The number of aromatic nitrogens is 2. The van der Waals surface area contributed by atoms with Gasteiger partial charge < -0.3 is 19.3 Å². The van der Waals surface area contributed by atoms with Crippen LogP contribution in [0.15, 0.2) is 46.2 Å². The zero-order valence-corrected chi connectivity index (χ0v) is 22.8. The summed E-state index contributed by atoms with van der Waals surface area (Å²) < 4.78 is 12.9. The SMILES string of the molecule is CCN1CCN(c2nc3ccc(C)cn3c(=O)c2/C=C2/SC(=S)N(Cc3ccc4c(c3)OCO4)C2=O)CC1. The molecule has 0 unspecified atom stereocenters. The highest BCUT2D eigenvalue weighted by Crippen LogP contribution is 2.37. The summed E-state index contributed by atoms with van der Waals surface area (Å²) in [4.78, 5) is 38.6. The first-order valence-electron chi connectivity index (χ1n) is 12.6. The van der Waals surface area contributed by atoms with E-state index in [1.165, 1.54) is 11.8 Å². The molecule has 3 aliphatic rings. The number of piperazine rings is 1. The van der Waals surface area contributed by atoms with Crippen LogP contribution in [-0.2, 0) is 11.3 Å². The summed E-state index contributed by atoms with van der Waals surface area (Å²) in [5.41, 5.74) is 2.62. The lowest BCUT2D eigenvalue weighted by atomic mass is 10.2. The lowest BCUT2D eigenvalue weighted by molar-refractivity contribution is -0.122. The number of amides is 1. The van der Waals surface area contributed by atoms with E-state index in [-0.39, 0.29) is 18.3 Å². The van der Waals surface area contributed by atoms with Crippen molar-refractivity contribution in [2.24, 2.45) is 0 Å². The molecule has 2 aromatic heterocycles. The van der Waals surface area contributed by atoms with Crippen LogP contribution in [-0.4, -0.2) is 68.9 Å². The van der Waals surface area contributed by atoms with Gasteiger partial charge >= 0.3 is 0 Å². The number of thiocarbonyl (C=S) groups is 1. The molecule has 1 amide bonds. The Labute approximate surface area is 229 Å². The molecular weight excluding hydrogens is 522 g/mol. The number of thioether (sulfide) groups is 1. The fourth-order valence-electron chi connectivity index (χ4n) is 4.88. The first-order valence-corrected chi connectivity index (χ1v) is 13.8. The van der Waals surface area contributed by atoms with Gasteiger partial charge in [0.05, 0.1) is 17.0 Å². The zero-order chi connectivity index (χ0) is 26.4. The number of pyridine rings is 1. The summed E-state index contributed by atoms with van der Waals surface area (Å²) in [6.07, 6.45) is 3.45. The molecule has 0 saturated carbocycles. The zero-order valence-electron chi connectivity index (χ0n) is 21.2. The van der Waals surface area contributed by atoms with Crippen LogP contribution in [0.1, 0.15) is 23.6 Å². The molecule has 2 fully saturated rings. The number of hydrogen-bond donors (Lipinski definition) is 0. The van der Waals surface area contributed by atoms with E-state index in [1.54, 1.807) is 21.6 Å². The number of nitrogens with zero attached hydrogens (tertiary/aromatic N) is 5. The van der Waals surface area contributed by atoms with Gasteiger partial charge in [-0.15, -0.1) is 0 Å². The van der Waals surface area contributed by atoms with Crippen LogP contribution in [0.25, 0.3) is 11.7 Å². The Balaban J connectivity index is 1.36. The number of anilines is 1. The summed E-state index contributed by atoms with van der Waals surface area (Å²) in [5, 5.41) is 0. The molecule has 0 bridgehead atoms. The maximum atomic E-state index is 13.8. The maximum Gasteiger partial charge on any atom is 0.267 e. The monoisotopic (exact) mass is 549 g/mol. The first-order chi connectivity index (χ1) is 18.4. The fraction of sp³-hybridized carbons (Fsp3) is 0.333. The van der Waals surface area contributed by atoms with Crippen LogP contribution < -0.4 is 19.9 Å². The minimum Gasteiger partial charge on any atom is -0.454 e. The molecule has 6 rings (SSSR count). The Morgan fingerprint density at radius 1 is 1.08 bits per heavy atom. The minimum atomic E-state index is -0.229. The predicted octanol–water partition coefficient (Wildman–Crippen LogP) is 3.27. The van der Waals surface area contributed by atoms with Crippen molar-refractivity contribution in [3.05, 3.63) is 68.5 Å². The average molecular weight is 550 g/mol. The molecule has 0 atom stereocenters. The highest BCUT2D eigenvalue weighted by atomic mass is 32.2. The summed E-state index contributed by atoms with van der Waals surface area (Å²) in [6, 6.07) is 9.39. The van der Waals surface area contributed by atoms with Gasteiger partial charge in [-0.3, -0.25) is 18.9 Å². The van der Waals surface area contributed by atoms with Gasteiger partial charge in [0, 0.05) is 32.4 Å². The highest BCUT2D eigenvalue weighted by Gasteiger charge is 2.33. The molecule has 3 aromatic rings. The number of hydrogen-bond acceptors (Lipinski definition) is 9. The third-order valence-electron chi connectivity index (χ3n) is 7.03. The molecular formula is C27H27N5O4S2. The van der Waals surface area contributed by atoms with Crippen LogP contribution in [0.5, 0.6) is 11.5 Å². The quantitative estimate of drug-likeness (QED) is 0.352. The molecule has 3 aliphatic heterocycles. The topological polar surface area (TPSA) is 79.6 Å². The number of carbonyl (C=O) groups is 1. The van der Waals surface area contributed by atoms with E-state index in [0.717, 1.165) is 43.9 Å². The van der Waals surface area contributed by atoms with Crippen LogP contribution >= 0.6 is 24.0 Å². The maximum absolute atomic E-state index is 13.8. The van der Waals surface area contributed by atoms with E-state index < -0.39 is 0 Å². The minimum absolute atomic E-state index is 0.188. The smallest absolute Gasteiger partial charge is 0.267 e. The molecule has 11 heteroatoms. The highest BCUT2D eigenvalue weighted by molar-refractivity contribution is 8.26. The number of fused-ring (bicyclic) bond motifs is 2. The second-order valence-corrected chi connectivity index (χ2v) is 11.1. The summed E-state index contributed by atoms with van der Waals surface area (Å²) >= 11 is 6.79. The van der Waals surface area contributed by atoms with Crippen LogP contribution in [0.3, 0.4) is 0 Å². The van der Waals surface area contributed by atoms with Crippen molar-refractivity contribution in [1.29, 1.82) is 0 Å². The Hall–Kier alpha value is -3.41. The van der Waals surface area contributed by atoms with Gasteiger partial charge in [0.2, 0.25) is 6.79 Å². The lowest BCUT2D eigenvalue weighted by Crippen LogP contribution is -2.47. The number of benzene rings is 1. The van der Waals surface area contributed by atoms with E-state index in [0.29, 0.717) is 44.3 Å². The molecule has 196 valence electrons. The second kappa shape index (κ2) is 10.0. The number of likely N-dealkylation sites (N-methyl/N-ethyl adjacent to an activating group) is 1. The number of aryl methyl sites for hydroxylation is 1. The number of rotatable bonds is 5. The van der Waals surface area contributed by atoms with Crippen molar-refractivity contribution in [3.63, 3.8) is 0 Å². The van der Waals surface area contributed by atoms with E-state index in [2.05, 4.69) is 16.7 Å². The molecule has 0 radical (unpaired) electrons. The van der Waals surface area contributed by atoms with E-state index in [9.17, 15) is 9.59 Å². The van der Waals surface area contributed by atoms with Crippen molar-refractivity contribution in [2.45, 2.75) is 20.4 Å². The number of carbonyl (C=O) groups excluding carboxylic acids is 1. The van der Waals surface area contributed by atoms with Crippen LogP contribution in [0.4, 0.5) is 5.82 Å². The van der Waals surface area contributed by atoms with Crippen molar-refractivity contribution >= 4 is 51.7 Å². The van der Waals surface area contributed by atoms with Gasteiger partial charge in [-0.05, 0) is 48.9 Å². The molecule has 9 nitrogen and oxygen atoms in total. The van der Waals surface area contributed by atoms with Crippen molar-refractivity contribution in [3.8, 4) is 11.5 Å². The standard InChI is InChI=1S/C27H27N5O4S2/c1-3-29-8-10-30(11-9-29)24-19(25(33)31-14-17(2)4-7-23(31)28-24)13-22-26(34)32(27(37)38-22)15-18-5-6-20-21(12-18)36-16-35-20/h4-7,12-14H,3,8-11,15-16H2,1-2H3/b22-13+. The molecule has 1 aromatic carbocycles. The van der Waals surface area contributed by atoms with Crippen molar-refractivity contribution in [1.82, 2.24) is 19.2 Å². The van der Waals surface area contributed by atoms with Gasteiger partial charge in [0.1, 0.15) is 15.8 Å². The van der Waals surface area contributed by atoms with Crippen molar-refractivity contribution < 1.29 is 14.3 Å². The average Bonchev–Trinajstić information content (AvgIpc) is 3.50. The lowest BCUT2D eigenvalue weighted by Gasteiger charge is -2.35. The van der Waals surface area contributed by atoms with E-state index >= 15 is 0 Å². The largest absolute Gasteiger partial charge is 0.454 e. The van der Waals surface area contributed by atoms with E-state index in [1.807, 2.05) is 37.3 Å². The van der Waals surface area contributed by atoms with Crippen molar-refractivity contribution in [2.75, 3.05) is 44.4 Å². The van der Waals surface area contributed by atoms with Gasteiger partial charge in [-0.25, -0.2) is 4.98 Å². The van der Waals surface area contributed by atoms with Gasteiger partial charge in [-0.1, -0.05) is 43.0 Å². The summed E-state index contributed by atoms with van der Waals surface area (Å²) in [6.45, 7) is 8.86. The fourth-order valence-corrected chi connectivity index (χ4v) is 6.12. The Kier molecular flexibility index (Phi) is 6.58.